The van der Waals surface area contributed by atoms with Crippen molar-refractivity contribution in [2.75, 3.05) is 11.4 Å². The molecule has 1 aliphatic heterocycles. The number of anilines is 2. The number of halogens is 3. The average molecular weight is 292 g/mol. The van der Waals surface area contributed by atoms with Crippen LogP contribution in [0.1, 0.15) is 16.7 Å². The number of hydrogen-bond acceptors (Lipinski definition) is 2. The molecule has 0 atom stereocenters. The van der Waals surface area contributed by atoms with E-state index in [-0.39, 0.29) is 6.54 Å². The lowest BCUT2D eigenvalue weighted by Crippen LogP contribution is -2.17. The minimum atomic E-state index is -4.34. The molecule has 110 valence electrons. The lowest BCUT2D eigenvalue weighted by atomic mass is 10.1. The van der Waals surface area contributed by atoms with Crippen molar-refractivity contribution >= 4 is 11.4 Å². The molecule has 1 aliphatic rings. The number of alkyl halides is 3. The van der Waals surface area contributed by atoms with E-state index in [0.29, 0.717) is 5.56 Å². The van der Waals surface area contributed by atoms with Crippen molar-refractivity contribution in [3.05, 3.63) is 59.2 Å². The van der Waals surface area contributed by atoms with Crippen LogP contribution in [0.5, 0.6) is 0 Å². The van der Waals surface area contributed by atoms with Gasteiger partial charge in [-0.25, -0.2) is 0 Å². The predicted octanol–water partition coefficient (Wildman–Crippen LogP) is 3.86. The van der Waals surface area contributed by atoms with Crippen LogP contribution in [0, 0.1) is 0 Å². The van der Waals surface area contributed by atoms with Gasteiger partial charge in [-0.05, 0) is 41.8 Å². The maximum atomic E-state index is 12.8. The molecule has 5 heteroatoms. The van der Waals surface area contributed by atoms with Crippen molar-refractivity contribution < 1.29 is 13.2 Å². The van der Waals surface area contributed by atoms with Gasteiger partial charge in [0.05, 0.1) is 5.56 Å². The van der Waals surface area contributed by atoms with E-state index in [1.165, 1.54) is 11.6 Å². The van der Waals surface area contributed by atoms with Gasteiger partial charge in [0.25, 0.3) is 0 Å². The molecule has 0 saturated heterocycles. The molecule has 0 amide bonds. The van der Waals surface area contributed by atoms with Crippen LogP contribution in [0.4, 0.5) is 24.5 Å². The fourth-order valence-corrected chi connectivity index (χ4v) is 2.78. The van der Waals surface area contributed by atoms with Crippen LogP contribution >= 0.6 is 0 Å². The summed E-state index contributed by atoms with van der Waals surface area (Å²) in [4.78, 5) is 2.04. The molecule has 1 heterocycles. The van der Waals surface area contributed by atoms with Gasteiger partial charge in [0, 0.05) is 24.5 Å². The van der Waals surface area contributed by atoms with E-state index in [1.807, 2.05) is 29.2 Å². The Balaban J connectivity index is 2.04. The van der Waals surface area contributed by atoms with Crippen molar-refractivity contribution in [2.24, 2.45) is 5.73 Å². The van der Waals surface area contributed by atoms with Crippen LogP contribution in [0.3, 0.4) is 0 Å². The van der Waals surface area contributed by atoms with Crippen molar-refractivity contribution in [1.29, 1.82) is 0 Å². The fraction of sp³-hybridized carbons (Fsp3) is 0.250. The molecule has 0 aliphatic carbocycles. The Bertz CT molecular complexity index is 665. The second-order valence-corrected chi connectivity index (χ2v) is 5.08. The van der Waals surface area contributed by atoms with Gasteiger partial charge in [0.2, 0.25) is 0 Å². The summed E-state index contributed by atoms with van der Waals surface area (Å²) in [5.74, 6) is 0. The first-order chi connectivity index (χ1) is 10.0. The van der Waals surface area contributed by atoms with Crippen LogP contribution in [-0.2, 0) is 19.1 Å². The SMILES string of the molecule is NCc1cc(C(F)(F)F)ccc1N1CCc2ccccc21. The van der Waals surface area contributed by atoms with E-state index in [4.69, 9.17) is 5.73 Å². The number of hydrogen-bond donors (Lipinski definition) is 1. The van der Waals surface area contributed by atoms with Crippen LogP contribution in [0.2, 0.25) is 0 Å². The minimum absolute atomic E-state index is 0.0813. The first-order valence-corrected chi connectivity index (χ1v) is 6.76. The van der Waals surface area contributed by atoms with E-state index in [0.717, 1.165) is 36.5 Å². The van der Waals surface area contributed by atoms with Crippen molar-refractivity contribution in [2.45, 2.75) is 19.1 Å². The quantitative estimate of drug-likeness (QED) is 0.910. The van der Waals surface area contributed by atoms with Crippen LogP contribution in [0.25, 0.3) is 0 Å². The van der Waals surface area contributed by atoms with E-state index in [9.17, 15) is 13.2 Å². The summed E-state index contributed by atoms with van der Waals surface area (Å²) < 4.78 is 38.4. The predicted molar refractivity (Wildman–Crippen MR) is 76.5 cm³/mol. The van der Waals surface area contributed by atoms with Crippen LogP contribution < -0.4 is 10.6 Å². The average Bonchev–Trinajstić information content (AvgIpc) is 2.89. The molecule has 0 bridgehead atoms. The Morgan fingerprint density at radius 3 is 2.52 bits per heavy atom. The second kappa shape index (κ2) is 5.07. The highest BCUT2D eigenvalue weighted by atomic mass is 19.4. The molecule has 2 aromatic carbocycles. The monoisotopic (exact) mass is 292 g/mol. The highest BCUT2D eigenvalue weighted by Gasteiger charge is 2.31. The number of fused-ring (bicyclic) bond motifs is 1. The summed E-state index contributed by atoms with van der Waals surface area (Å²) in [5, 5.41) is 0. The zero-order valence-corrected chi connectivity index (χ0v) is 11.3. The summed E-state index contributed by atoms with van der Waals surface area (Å²) in [6.45, 7) is 0.843. The number of nitrogens with two attached hydrogens (primary N) is 1. The molecule has 0 unspecified atom stereocenters. The summed E-state index contributed by atoms with van der Waals surface area (Å²) in [7, 11) is 0. The van der Waals surface area contributed by atoms with Gasteiger partial charge in [-0.3, -0.25) is 0 Å². The summed E-state index contributed by atoms with van der Waals surface area (Å²) in [6, 6.07) is 11.7. The lowest BCUT2D eigenvalue weighted by molar-refractivity contribution is -0.137. The highest BCUT2D eigenvalue weighted by Crippen LogP contribution is 2.38. The maximum absolute atomic E-state index is 12.8. The standard InChI is InChI=1S/C16H15F3N2/c17-16(18,19)13-5-6-15(12(9-13)10-20)21-8-7-11-3-1-2-4-14(11)21/h1-6,9H,7-8,10,20H2. The molecule has 21 heavy (non-hydrogen) atoms. The number of rotatable bonds is 2. The number of benzene rings is 2. The molecule has 2 nitrogen and oxygen atoms in total. The highest BCUT2D eigenvalue weighted by molar-refractivity contribution is 5.72. The Kier molecular flexibility index (Phi) is 3.37. The van der Waals surface area contributed by atoms with Crippen LogP contribution in [0.15, 0.2) is 42.5 Å². The molecule has 0 spiro atoms. The normalized spacial score (nSPS) is 14.4. The van der Waals surface area contributed by atoms with Gasteiger partial charge in [-0.1, -0.05) is 18.2 Å². The molecule has 3 rings (SSSR count). The van der Waals surface area contributed by atoms with E-state index in [1.54, 1.807) is 0 Å². The van der Waals surface area contributed by atoms with E-state index in [2.05, 4.69) is 0 Å². The Morgan fingerprint density at radius 1 is 1.05 bits per heavy atom. The summed E-state index contributed by atoms with van der Waals surface area (Å²) >= 11 is 0. The largest absolute Gasteiger partial charge is 0.416 e. The van der Waals surface area contributed by atoms with Crippen molar-refractivity contribution in [1.82, 2.24) is 0 Å². The van der Waals surface area contributed by atoms with Gasteiger partial charge in [0.15, 0.2) is 0 Å². The van der Waals surface area contributed by atoms with Gasteiger partial charge < -0.3 is 10.6 Å². The second-order valence-electron chi connectivity index (χ2n) is 5.08. The molecule has 2 aromatic rings. The van der Waals surface area contributed by atoms with Crippen LogP contribution in [-0.4, -0.2) is 6.54 Å². The summed E-state index contributed by atoms with van der Waals surface area (Å²) in [6.07, 6.45) is -3.45. The molecule has 0 saturated carbocycles. The van der Waals surface area contributed by atoms with Crippen molar-refractivity contribution in [3.63, 3.8) is 0 Å². The Morgan fingerprint density at radius 2 is 1.81 bits per heavy atom. The molecule has 0 fully saturated rings. The summed E-state index contributed by atoms with van der Waals surface area (Å²) in [5.41, 5.74) is 8.53. The minimum Gasteiger partial charge on any atom is -0.341 e. The molecule has 2 N–H and O–H groups in total. The zero-order chi connectivity index (χ0) is 15.0. The third-order valence-corrected chi connectivity index (χ3v) is 3.80. The first kappa shape index (κ1) is 13.9. The Labute approximate surface area is 121 Å². The van der Waals surface area contributed by atoms with Gasteiger partial charge in [-0.2, -0.15) is 13.2 Å². The van der Waals surface area contributed by atoms with Gasteiger partial charge >= 0.3 is 6.18 Å². The van der Waals surface area contributed by atoms with Crippen molar-refractivity contribution in [3.8, 4) is 0 Å². The molecule has 0 radical (unpaired) electrons. The number of nitrogens with zero attached hydrogens (tertiary/aromatic N) is 1. The zero-order valence-electron chi connectivity index (χ0n) is 11.3. The van der Waals surface area contributed by atoms with Gasteiger partial charge in [-0.15, -0.1) is 0 Å². The maximum Gasteiger partial charge on any atom is 0.416 e. The van der Waals surface area contributed by atoms with Gasteiger partial charge in [0.1, 0.15) is 0 Å². The smallest absolute Gasteiger partial charge is 0.341 e. The molecular weight excluding hydrogens is 277 g/mol. The molecule has 0 aromatic heterocycles. The third kappa shape index (κ3) is 2.49. The lowest BCUT2D eigenvalue weighted by Gasteiger charge is -2.23. The third-order valence-electron chi connectivity index (χ3n) is 3.80. The Hall–Kier alpha value is -2.01. The van der Waals surface area contributed by atoms with E-state index >= 15 is 0 Å². The molecular formula is C16H15F3N2. The number of para-hydroxylation sites is 1. The fourth-order valence-electron chi connectivity index (χ4n) is 2.78. The van der Waals surface area contributed by atoms with E-state index < -0.39 is 11.7 Å². The topological polar surface area (TPSA) is 29.3 Å². The first-order valence-electron chi connectivity index (χ1n) is 6.76.